The average Bonchev–Trinajstić information content (AvgIpc) is 2.76. The Bertz CT molecular complexity index is 653. The average molecular weight is 224 g/mol. The lowest BCUT2D eigenvalue weighted by atomic mass is 10.1. The van der Waals surface area contributed by atoms with Crippen LogP contribution in [0.3, 0.4) is 0 Å². The number of rotatable bonds is 1. The molecule has 2 aromatic carbocycles. The number of aryl methyl sites for hydroxylation is 1. The summed E-state index contributed by atoms with van der Waals surface area (Å²) in [6.07, 6.45) is 0. The monoisotopic (exact) mass is 224 g/mol. The highest BCUT2D eigenvalue weighted by Crippen LogP contribution is 2.25. The molecule has 0 saturated carbocycles. The van der Waals surface area contributed by atoms with Gasteiger partial charge in [-0.15, -0.1) is 0 Å². The number of hydrogen-bond acceptors (Lipinski definition) is 2. The molecule has 0 aliphatic heterocycles. The SMILES string of the molecule is Cc1cc(-c2nc3ccccc3[nH]2)ccc1O. The number of H-pyrrole nitrogens is 1. The molecule has 1 aromatic heterocycles. The molecular weight excluding hydrogens is 212 g/mol. The van der Waals surface area contributed by atoms with Gasteiger partial charge in [0.2, 0.25) is 0 Å². The fourth-order valence-electron chi connectivity index (χ4n) is 1.89. The number of phenolic OH excluding ortho intramolecular Hbond substituents is 1. The zero-order valence-electron chi connectivity index (χ0n) is 9.44. The lowest BCUT2D eigenvalue weighted by Crippen LogP contribution is -1.82. The summed E-state index contributed by atoms with van der Waals surface area (Å²) in [5, 5.41) is 9.50. The summed E-state index contributed by atoms with van der Waals surface area (Å²) in [6, 6.07) is 13.4. The molecular formula is C14H12N2O. The lowest BCUT2D eigenvalue weighted by molar-refractivity contribution is 0.471. The number of aromatic amines is 1. The van der Waals surface area contributed by atoms with Crippen molar-refractivity contribution in [3.63, 3.8) is 0 Å². The lowest BCUT2D eigenvalue weighted by Gasteiger charge is -2.00. The number of hydrogen-bond donors (Lipinski definition) is 2. The molecule has 0 amide bonds. The van der Waals surface area contributed by atoms with Crippen molar-refractivity contribution in [3.05, 3.63) is 48.0 Å². The number of aromatic nitrogens is 2. The van der Waals surface area contributed by atoms with E-state index in [1.807, 2.05) is 43.3 Å². The first-order valence-electron chi connectivity index (χ1n) is 5.49. The van der Waals surface area contributed by atoms with Crippen LogP contribution in [0.4, 0.5) is 0 Å². The number of phenols is 1. The molecule has 3 aromatic rings. The number of imidazole rings is 1. The van der Waals surface area contributed by atoms with E-state index in [9.17, 15) is 5.11 Å². The molecule has 0 saturated heterocycles. The first-order valence-corrected chi connectivity index (χ1v) is 5.49. The van der Waals surface area contributed by atoms with Crippen molar-refractivity contribution in [1.29, 1.82) is 0 Å². The molecule has 3 rings (SSSR count). The summed E-state index contributed by atoms with van der Waals surface area (Å²) in [5.74, 6) is 1.14. The van der Waals surface area contributed by atoms with E-state index in [1.165, 1.54) is 0 Å². The zero-order chi connectivity index (χ0) is 11.8. The molecule has 17 heavy (non-hydrogen) atoms. The van der Waals surface area contributed by atoms with Crippen molar-refractivity contribution < 1.29 is 5.11 Å². The van der Waals surface area contributed by atoms with Gasteiger partial charge in [0.1, 0.15) is 11.6 Å². The standard InChI is InChI=1S/C14H12N2O/c1-9-8-10(6-7-13(9)17)14-15-11-4-2-3-5-12(11)16-14/h2-8,17H,1H3,(H,15,16). The second-order valence-electron chi connectivity index (χ2n) is 4.10. The molecule has 0 unspecified atom stereocenters. The Morgan fingerprint density at radius 2 is 1.94 bits per heavy atom. The van der Waals surface area contributed by atoms with E-state index in [2.05, 4.69) is 9.97 Å². The molecule has 2 N–H and O–H groups in total. The topological polar surface area (TPSA) is 48.9 Å². The van der Waals surface area contributed by atoms with Crippen molar-refractivity contribution in [1.82, 2.24) is 9.97 Å². The molecule has 0 atom stereocenters. The third kappa shape index (κ3) is 1.65. The first-order chi connectivity index (χ1) is 8.24. The highest BCUT2D eigenvalue weighted by molar-refractivity contribution is 5.79. The van der Waals surface area contributed by atoms with Crippen LogP contribution in [0.25, 0.3) is 22.4 Å². The van der Waals surface area contributed by atoms with Gasteiger partial charge in [-0.3, -0.25) is 0 Å². The van der Waals surface area contributed by atoms with Gasteiger partial charge in [0.25, 0.3) is 0 Å². The number of para-hydroxylation sites is 2. The quantitative estimate of drug-likeness (QED) is 0.666. The fourth-order valence-corrected chi connectivity index (χ4v) is 1.89. The maximum Gasteiger partial charge on any atom is 0.138 e. The number of benzene rings is 2. The van der Waals surface area contributed by atoms with Crippen LogP contribution in [0.1, 0.15) is 5.56 Å². The molecule has 0 aliphatic carbocycles. The van der Waals surface area contributed by atoms with Crippen LogP contribution >= 0.6 is 0 Å². The minimum absolute atomic E-state index is 0.310. The Kier molecular flexibility index (Phi) is 2.11. The minimum Gasteiger partial charge on any atom is -0.508 e. The van der Waals surface area contributed by atoms with Crippen LogP contribution in [-0.2, 0) is 0 Å². The van der Waals surface area contributed by atoms with E-state index in [1.54, 1.807) is 6.07 Å². The first kappa shape index (κ1) is 9.90. The summed E-state index contributed by atoms with van der Waals surface area (Å²) < 4.78 is 0. The molecule has 3 heteroatoms. The van der Waals surface area contributed by atoms with Crippen LogP contribution in [0.5, 0.6) is 5.75 Å². The van der Waals surface area contributed by atoms with E-state index in [0.29, 0.717) is 5.75 Å². The minimum atomic E-state index is 0.310. The Morgan fingerprint density at radius 3 is 2.71 bits per heavy atom. The van der Waals surface area contributed by atoms with Crippen LogP contribution in [0.15, 0.2) is 42.5 Å². The third-order valence-corrected chi connectivity index (χ3v) is 2.86. The summed E-state index contributed by atoms with van der Waals surface area (Å²) >= 11 is 0. The molecule has 3 nitrogen and oxygen atoms in total. The highest BCUT2D eigenvalue weighted by atomic mass is 16.3. The van der Waals surface area contributed by atoms with Crippen molar-refractivity contribution in [3.8, 4) is 17.1 Å². The van der Waals surface area contributed by atoms with Gasteiger partial charge in [0, 0.05) is 5.56 Å². The van der Waals surface area contributed by atoms with E-state index < -0.39 is 0 Å². The van der Waals surface area contributed by atoms with Crippen LogP contribution in [0.2, 0.25) is 0 Å². The summed E-state index contributed by atoms with van der Waals surface area (Å²) in [5.41, 5.74) is 3.81. The van der Waals surface area contributed by atoms with E-state index in [-0.39, 0.29) is 0 Å². The fraction of sp³-hybridized carbons (Fsp3) is 0.0714. The van der Waals surface area contributed by atoms with Crippen molar-refractivity contribution >= 4 is 11.0 Å². The van der Waals surface area contributed by atoms with Crippen molar-refractivity contribution in [2.24, 2.45) is 0 Å². The molecule has 84 valence electrons. The van der Waals surface area contributed by atoms with Crippen LogP contribution in [-0.4, -0.2) is 15.1 Å². The number of nitrogens with zero attached hydrogens (tertiary/aromatic N) is 1. The third-order valence-electron chi connectivity index (χ3n) is 2.86. The Hall–Kier alpha value is -2.29. The van der Waals surface area contributed by atoms with Crippen molar-refractivity contribution in [2.45, 2.75) is 6.92 Å². The maximum absolute atomic E-state index is 9.50. The highest BCUT2D eigenvalue weighted by Gasteiger charge is 2.06. The second kappa shape index (κ2) is 3.63. The molecule has 0 aliphatic rings. The largest absolute Gasteiger partial charge is 0.508 e. The van der Waals surface area contributed by atoms with E-state index in [4.69, 9.17) is 0 Å². The number of aromatic hydroxyl groups is 1. The predicted molar refractivity (Wildman–Crippen MR) is 67.9 cm³/mol. The van der Waals surface area contributed by atoms with Gasteiger partial charge in [-0.05, 0) is 42.8 Å². The Labute approximate surface area is 98.8 Å². The molecule has 0 fully saturated rings. The molecule has 1 heterocycles. The Balaban J connectivity index is 2.17. The normalized spacial score (nSPS) is 10.9. The predicted octanol–water partition coefficient (Wildman–Crippen LogP) is 3.24. The summed E-state index contributed by atoms with van der Waals surface area (Å²) in [7, 11) is 0. The second-order valence-corrected chi connectivity index (χ2v) is 4.10. The summed E-state index contributed by atoms with van der Waals surface area (Å²) in [4.78, 5) is 7.78. The molecule has 0 spiro atoms. The van der Waals surface area contributed by atoms with Crippen LogP contribution < -0.4 is 0 Å². The van der Waals surface area contributed by atoms with E-state index in [0.717, 1.165) is 28.0 Å². The van der Waals surface area contributed by atoms with Gasteiger partial charge in [-0.25, -0.2) is 4.98 Å². The van der Waals surface area contributed by atoms with Crippen LogP contribution in [0, 0.1) is 6.92 Å². The van der Waals surface area contributed by atoms with Gasteiger partial charge in [0.05, 0.1) is 11.0 Å². The van der Waals surface area contributed by atoms with Crippen molar-refractivity contribution in [2.75, 3.05) is 0 Å². The van der Waals surface area contributed by atoms with Gasteiger partial charge >= 0.3 is 0 Å². The maximum atomic E-state index is 9.50. The van der Waals surface area contributed by atoms with Gasteiger partial charge in [-0.1, -0.05) is 12.1 Å². The van der Waals surface area contributed by atoms with Gasteiger partial charge < -0.3 is 10.1 Å². The van der Waals surface area contributed by atoms with Gasteiger partial charge in [0.15, 0.2) is 0 Å². The Morgan fingerprint density at radius 1 is 1.12 bits per heavy atom. The molecule has 0 bridgehead atoms. The van der Waals surface area contributed by atoms with Gasteiger partial charge in [-0.2, -0.15) is 0 Å². The zero-order valence-corrected chi connectivity index (χ0v) is 9.44. The number of fused-ring (bicyclic) bond motifs is 1. The smallest absolute Gasteiger partial charge is 0.138 e. The van der Waals surface area contributed by atoms with E-state index >= 15 is 0 Å². The summed E-state index contributed by atoms with van der Waals surface area (Å²) in [6.45, 7) is 1.88. The number of nitrogens with one attached hydrogen (secondary N) is 1. The molecule has 0 radical (unpaired) electrons.